The zero-order valence-corrected chi connectivity index (χ0v) is 10.5. The molecule has 0 aromatic carbocycles. The van der Waals surface area contributed by atoms with Crippen molar-refractivity contribution in [3.05, 3.63) is 0 Å². The van der Waals surface area contributed by atoms with Crippen LogP contribution in [0.15, 0.2) is 0 Å². The third-order valence-electron chi connectivity index (χ3n) is 3.60. The van der Waals surface area contributed by atoms with Gasteiger partial charge in [-0.2, -0.15) is 0 Å². The van der Waals surface area contributed by atoms with Crippen LogP contribution in [0.25, 0.3) is 0 Å². The second-order valence-corrected chi connectivity index (χ2v) is 4.32. The number of hydrogen-bond acceptors (Lipinski definition) is 4. The molecule has 4 atom stereocenters. The molecule has 1 saturated heterocycles. The van der Waals surface area contributed by atoms with Crippen molar-refractivity contribution in [3.8, 4) is 0 Å². The van der Waals surface area contributed by atoms with Crippen LogP contribution in [-0.2, 0) is 9.47 Å². The van der Waals surface area contributed by atoms with E-state index < -0.39 is 0 Å². The van der Waals surface area contributed by atoms with Crippen LogP contribution in [0.3, 0.4) is 0 Å². The molecule has 1 heterocycles. The Bertz CT molecular complexity index is 177. The van der Waals surface area contributed by atoms with E-state index in [4.69, 9.17) is 9.47 Å². The first-order valence-corrected chi connectivity index (χ1v) is 5.61. The number of nitrogens with one attached hydrogen (secondary N) is 1. The predicted molar refractivity (Wildman–Crippen MR) is 61.2 cm³/mol. The fourth-order valence-corrected chi connectivity index (χ4v) is 2.11. The first kappa shape index (κ1) is 12.9. The van der Waals surface area contributed by atoms with Gasteiger partial charge in [0.05, 0.1) is 12.2 Å². The van der Waals surface area contributed by atoms with Crippen LogP contribution in [0.4, 0.5) is 0 Å². The van der Waals surface area contributed by atoms with E-state index in [1.807, 2.05) is 7.05 Å². The van der Waals surface area contributed by atoms with Crippen molar-refractivity contribution in [1.29, 1.82) is 0 Å². The molecule has 4 nitrogen and oxygen atoms in total. The molecule has 0 aromatic heterocycles. The fourth-order valence-electron chi connectivity index (χ4n) is 2.11. The zero-order chi connectivity index (χ0) is 11.4. The van der Waals surface area contributed by atoms with E-state index in [-0.39, 0.29) is 12.2 Å². The molecule has 1 N–H and O–H groups in total. The van der Waals surface area contributed by atoms with Gasteiger partial charge in [0.15, 0.2) is 0 Å². The van der Waals surface area contributed by atoms with Crippen molar-refractivity contribution in [2.75, 3.05) is 34.4 Å². The third kappa shape index (κ3) is 2.91. The molecule has 4 heteroatoms. The second-order valence-electron chi connectivity index (χ2n) is 4.32. The van der Waals surface area contributed by atoms with Crippen molar-refractivity contribution < 1.29 is 9.47 Å². The van der Waals surface area contributed by atoms with Gasteiger partial charge in [0.2, 0.25) is 0 Å². The molecule has 0 bridgehead atoms. The molecule has 0 aromatic rings. The average Bonchev–Trinajstić information content (AvgIpc) is 2.69. The second kappa shape index (κ2) is 5.80. The fraction of sp³-hybridized carbons (Fsp3) is 1.00. The van der Waals surface area contributed by atoms with E-state index in [1.165, 1.54) is 0 Å². The van der Waals surface area contributed by atoms with E-state index in [1.54, 1.807) is 14.2 Å². The van der Waals surface area contributed by atoms with Gasteiger partial charge in [-0.25, -0.2) is 0 Å². The number of hydrogen-bond donors (Lipinski definition) is 1. The molecule has 4 unspecified atom stereocenters. The molecule has 0 radical (unpaired) electrons. The first-order valence-electron chi connectivity index (χ1n) is 5.61. The lowest BCUT2D eigenvalue weighted by Gasteiger charge is -2.29. The van der Waals surface area contributed by atoms with Crippen LogP contribution in [0.1, 0.15) is 13.8 Å². The van der Waals surface area contributed by atoms with Crippen molar-refractivity contribution in [2.24, 2.45) is 0 Å². The van der Waals surface area contributed by atoms with Gasteiger partial charge in [-0.05, 0) is 20.9 Å². The van der Waals surface area contributed by atoms with E-state index in [0.717, 1.165) is 13.1 Å². The third-order valence-corrected chi connectivity index (χ3v) is 3.60. The lowest BCUT2D eigenvalue weighted by atomic mass is 10.1. The Balaban J connectivity index is 2.52. The number of likely N-dealkylation sites (N-methyl/N-ethyl adjacent to an activating group) is 1. The maximum Gasteiger partial charge on any atom is 0.0971 e. The first-order chi connectivity index (χ1) is 7.13. The summed E-state index contributed by atoms with van der Waals surface area (Å²) in [5.74, 6) is 0. The Labute approximate surface area is 92.9 Å². The topological polar surface area (TPSA) is 33.7 Å². The molecule has 1 rings (SSSR count). The number of methoxy groups -OCH3 is 2. The maximum absolute atomic E-state index is 5.42. The molecule has 1 aliphatic rings. The zero-order valence-electron chi connectivity index (χ0n) is 10.5. The van der Waals surface area contributed by atoms with E-state index in [9.17, 15) is 0 Å². The maximum atomic E-state index is 5.42. The van der Waals surface area contributed by atoms with Crippen LogP contribution in [0.5, 0.6) is 0 Å². The SMILES string of the molecule is CNC(C)C(C)N1CC(OC)C(OC)C1. The Morgan fingerprint density at radius 1 is 1.13 bits per heavy atom. The minimum Gasteiger partial charge on any atom is -0.377 e. The van der Waals surface area contributed by atoms with Gasteiger partial charge in [0, 0.05) is 39.4 Å². The quantitative estimate of drug-likeness (QED) is 0.718. The molecule has 90 valence electrons. The lowest BCUT2D eigenvalue weighted by molar-refractivity contribution is -0.00461. The van der Waals surface area contributed by atoms with Crippen molar-refractivity contribution in [1.82, 2.24) is 10.2 Å². The van der Waals surface area contributed by atoms with Gasteiger partial charge in [-0.1, -0.05) is 0 Å². The molecule has 0 saturated carbocycles. The number of ether oxygens (including phenoxy) is 2. The highest BCUT2D eigenvalue weighted by Crippen LogP contribution is 2.19. The van der Waals surface area contributed by atoms with Gasteiger partial charge in [0.25, 0.3) is 0 Å². The molecule has 0 aliphatic carbocycles. The van der Waals surface area contributed by atoms with Crippen LogP contribution < -0.4 is 5.32 Å². The number of likely N-dealkylation sites (tertiary alicyclic amines) is 1. The van der Waals surface area contributed by atoms with Gasteiger partial charge in [-0.3, -0.25) is 4.90 Å². The summed E-state index contributed by atoms with van der Waals surface area (Å²) >= 11 is 0. The van der Waals surface area contributed by atoms with E-state index >= 15 is 0 Å². The summed E-state index contributed by atoms with van der Waals surface area (Å²) in [6.45, 7) is 6.36. The Hall–Kier alpha value is -0.160. The number of rotatable bonds is 5. The molecule has 0 spiro atoms. The molecule has 1 fully saturated rings. The highest BCUT2D eigenvalue weighted by molar-refractivity contribution is 4.90. The van der Waals surface area contributed by atoms with E-state index in [0.29, 0.717) is 12.1 Å². The highest BCUT2D eigenvalue weighted by Gasteiger charge is 2.36. The minimum absolute atomic E-state index is 0.210. The molecule has 0 amide bonds. The van der Waals surface area contributed by atoms with Crippen LogP contribution in [0.2, 0.25) is 0 Å². The van der Waals surface area contributed by atoms with Crippen LogP contribution >= 0.6 is 0 Å². The molecular formula is C11H24N2O2. The van der Waals surface area contributed by atoms with Crippen LogP contribution in [0, 0.1) is 0 Å². The largest absolute Gasteiger partial charge is 0.377 e. The summed E-state index contributed by atoms with van der Waals surface area (Å²) in [6, 6.07) is 0.992. The molecular weight excluding hydrogens is 192 g/mol. The predicted octanol–water partition coefficient (Wildman–Crippen LogP) is 0.328. The number of nitrogens with zero attached hydrogens (tertiary/aromatic N) is 1. The van der Waals surface area contributed by atoms with Gasteiger partial charge in [0.1, 0.15) is 0 Å². The van der Waals surface area contributed by atoms with Crippen molar-refractivity contribution in [2.45, 2.75) is 38.1 Å². The minimum atomic E-state index is 0.210. The standard InChI is InChI=1S/C11H24N2O2/c1-8(12-3)9(2)13-6-10(14-4)11(7-13)15-5/h8-12H,6-7H2,1-5H3. The molecule has 1 aliphatic heterocycles. The molecule has 15 heavy (non-hydrogen) atoms. The Morgan fingerprint density at radius 2 is 1.60 bits per heavy atom. The Kier molecular flexibility index (Phi) is 4.99. The van der Waals surface area contributed by atoms with Gasteiger partial charge < -0.3 is 14.8 Å². The lowest BCUT2D eigenvalue weighted by Crippen LogP contribution is -2.45. The van der Waals surface area contributed by atoms with Crippen LogP contribution in [-0.4, -0.2) is 63.5 Å². The summed E-state index contributed by atoms with van der Waals surface area (Å²) in [5, 5.41) is 3.28. The summed E-state index contributed by atoms with van der Waals surface area (Å²) < 4.78 is 10.8. The van der Waals surface area contributed by atoms with Crippen molar-refractivity contribution >= 4 is 0 Å². The monoisotopic (exact) mass is 216 g/mol. The summed E-state index contributed by atoms with van der Waals surface area (Å²) in [7, 11) is 5.51. The summed E-state index contributed by atoms with van der Waals surface area (Å²) in [4.78, 5) is 2.42. The van der Waals surface area contributed by atoms with Gasteiger partial charge in [-0.15, -0.1) is 0 Å². The Morgan fingerprint density at radius 3 is 1.93 bits per heavy atom. The van der Waals surface area contributed by atoms with Crippen molar-refractivity contribution in [3.63, 3.8) is 0 Å². The van der Waals surface area contributed by atoms with Gasteiger partial charge >= 0.3 is 0 Å². The normalized spacial score (nSPS) is 31.8. The summed E-state index contributed by atoms with van der Waals surface area (Å²) in [6.07, 6.45) is 0.419. The highest BCUT2D eigenvalue weighted by atomic mass is 16.5. The summed E-state index contributed by atoms with van der Waals surface area (Å²) in [5.41, 5.74) is 0. The smallest absolute Gasteiger partial charge is 0.0971 e. The van der Waals surface area contributed by atoms with E-state index in [2.05, 4.69) is 24.1 Å². The average molecular weight is 216 g/mol.